The third kappa shape index (κ3) is 2.32. The van der Waals surface area contributed by atoms with Crippen LogP contribution in [0, 0.1) is 0 Å². The molecule has 0 saturated carbocycles. The van der Waals surface area contributed by atoms with E-state index in [0.717, 1.165) is 0 Å². The standard InChI is InChI=1S/C11H13N7O/c1-8(7-17-6-2-5-12-17)13-9-3-4-10-14-15-11(19)18(10)16-9/h2-6,8H,7H2,1H3,(H,13,16)(H,15,19). The highest BCUT2D eigenvalue weighted by Gasteiger charge is 2.06. The highest BCUT2D eigenvalue weighted by Crippen LogP contribution is 2.05. The van der Waals surface area contributed by atoms with Gasteiger partial charge in [-0.2, -0.15) is 14.7 Å². The van der Waals surface area contributed by atoms with Gasteiger partial charge in [-0.1, -0.05) is 0 Å². The van der Waals surface area contributed by atoms with Gasteiger partial charge in [0.1, 0.15) is 5.82 Å². The number of nitrogens with one attached hydrogen (secondary N) is 2. The molecule has 3 aromatic heterocycles. The summed E-state index contributed by atoms with van der Waals surface area (Å²) in [6.45, 7) is 2.73. The SMILES string of the molecule is CC(Cn1cccn1)Nc1ccc2n[nH]c(=O)n2n1. The molecule has 8 nitrogen and oxygen atoms in total. The lowest BCUT2D eigenvalue weighted by Gasteiger charge is -2.14. The fourth-order valence-corrected chi connectivity index (χ4v) is 1.87. The summed E-state index contributed by atoms with van der Waals surface area (Å²) in [7, 11) is 0. The molecule has 0 spiro atoms. The van der Waals surface area contributed by atoms with Crippen molar-refractivity contribution < 1.29 is 0 Å². The van der Waals surface area contributed by atoms with Gasteiger partial charge >= 0.3 is 5.69 Å². The highest BCUT2D eigenvalue weighted by atomic mass is 16.2. The maximum absolute atomic E-state index is 11.4. The van der Waals surface area contributed by atoms with Crippen LogP contribution in [0.1, 0.15) is 6.92 Å². The van der Waals surface area contributed by atoms with Crippen LogP contribution in [-0.2, 0) is 6.54 Å². The summed E-state index contributed by atoms with van der Waals surface area (Å²) in [6.07, 6.45) is 3.64. The lowest BCUT2D eigenvalue weighted by atomic mass is 10.3. The fourth-order valence-electron chi connectivity index (χ4n) is 1.87. The number of nitrogens with zero attached hydrogens (tertiary/aromatic N) is 5. The molecule has 0 aliphatic rings. The molecule has 3 aromatic rings. The first kappa shape index (κ1) is 11.5. The maximum Gasteiger partial charge on any atom is 0.364 e. The van der Waals surface area contributed by atoms with E-state index in [0.29, 0.717) is 18.0 Å². The van der Waals surface area contributed by atoms with E-state index in [9.17, 15) is 4.79 Å². The molecule has 0 aliphatic heterocycles. The van der Waals surface area contributed by atoms with Crippen LogP contribution in [0.2, 0.25) is 0 Å². The van der Waals surface area contributed by atoms with Gasteiger partial charge in [0.2, 0.25) is 0 Å². The van der Waals surface area contributed by atoms with Crippen LogP contribution in [-0.4, -0.2) is 35.6 Å². The molecule has 98 valence electrons. The van der Waals surface area contributed by atoms with Crippen molar-refractivity contribution in [2.45, 2.75) is 19.5 Å². The normalized spacial score (nSPS) is 12.7. The molecule has 0 aromatic carbocycles. The molecular weight excluding hydrogens is 246 g/mol. The van der Waals surface area contributed by atoms with E-state index in [4.69, 9.17) is 0 Å². The van der Waals surface area contributed by atoms with Crippen molar-refractivity contribution >= 4 is 11.5 Å². The molecule has 0 amide bonds. The molecule has 0 radical (unpaired) electrons. The molecule has 0 aliphatic carbocycles. The van der Waals surface area contributed by atoms with Crippen LogP contribution in [0.5, 0.6) is 0 Å². The van der Waals surface area contributed by atoms with Gasteiger partial charge < -0.3 is 5.32 Å². The Kier molecular flexibility index (Phi) is 2.75. The Labute approximate surface area is 108 Å². The molecule has 0 saturated heterocycles. The largest absolute Gasteiger partial charge is 0.364 e. The Balaban J connectivity index is 1.77. The quantitative estimate of drug-likeness (QED) is 0.694. The lowest BCUT2D eigenvalue weighted by Crippen LogP contribution is -2.24. The summed E-state index contributed by atoms with van der Waals surface area (Å²) in [6, 6.07) is 5.53. The molecule has 3 rings (SSSR count). The Bertz CT molecular complexity index is 727. The number of hydrogen-bond acceptors (Lipinski definition) is 5. The van der Waals surface area contributed by atoms with Crippen LogP contribution < -0.4 is 11.0 Å². The minimum atomic E-state index is -0.349. The van der Waals surface area contributed by atoms with Crippen molar-refractivity contribution in [1.82, 2.24) is 29.6 Å². The highest BCUT2D eigenvalue weighted by molar-refractivity contribution is 5.43. The van der Waals surface area contributed by atoms with Gasteiger partial charge in [-0.3, -0.25) is 4.68 Å². The van der Waals surface area contributed by atoms with E-state index >= 15 is 0 Å². The van der Waals surface area contributed by atoms with Gasteiger partial charge in [-0.15, -0.1) is 5.10 Å². The number of rotatable bonds is 4. The molecule has 1 unspecified atom stereocenters. The van der Waals surface area contributed by atoms with Crippen molar-refractivity contribution in [1.29, 1.82) is 0 Å². The number of aromatic amines is 1. The van der Waals surface area contributed by atoms with Crippen molar-refractivity contribution in [2.75, 3.05) is 5.32 Å². The summed E-state index contributed by atoms with van der Waals surface area (Å²) >= 11 is 0. The zero-order chi connectivity index (χ0) is 13.2. The minimum absolute atomic E-state index is 0.132. The average molecular weight is 259 g/mol. The summed E-state index contributed by atoms with van der Waals surface area (Å²) in [5.41, 5.74) is 0.147. The second-order valence-corrected chi connectivity index (χ2v) is 4.29. The molecule has 0 bridgehead atoms. The maximum atomic E-state index is 11.4. The smallest absolute Gasteiger partial charge is 0.364 e. The number of hydrogen-bond donors (Lipinski definition) is 2. The van der Waals surface area contributed by atoms with Crippen molar-refractivity contribution in [3.8, 4) is 0 Å². The molecule has 0 fully saturated rings. The molecule has 2 N–H and O–H groups in total. The Morgan fingerprint density at radius 1 is 1.47 bits per heavy atom. The second kappa shape index (κ2) is 4.56. The van der Waals surface area contributed by atoms with Crippen LogP contribution in [0.3, 0.4) is 0 Å². The minimum Gasteiger partial charge on any atom is -0.364 e. The first-order valence-electron chi connectivity index (χ1n) is 5.91. The van der Waals surface area contributed by atoms with E-state index in [-0.39, 0.29) is 11.7 Å². The molecule has 1 atom stereocenters. The second-order valence-electron chi connectivity index (χ2n) is 4.29. The van der Waals surface area contributed by atoms with Crippen LogP contribution in [0.15, 0.2) is 35.4 Å². The molecule has 19 heavy (non-hydrogen) atoms. The Hall–Kier alpha value is -2.64. The number of H-pyrrole nitrogens is 1. The average Bonchev–Trinajstić information content (AvgIpc) is 3.00. The third-order valence-electron chi connectivity index (χ3n) is 2.69. The van der Waals surface area contributed by atoms with Crippen molar-refractivity contribution in [2.24, 2.45) is 0 Å². The van der Waals surface area contributed by atoms with Crippen LogP contribution >= 0.6 is 0 Å². The fraction of sp³-hybridized carbons (Fsp3) is 0.273. The monoisotopic (exact) mass is 259 g/mol. The Morgan fingerprint density at radius 2 is 2.37 bits per heavy atom. The van der Waals surface area contributed by atoms with E-state index in [1.54, 1.807) is 18.3 Å². The van der Waals surface area contributed by atoms with E-state index < -0.39 is 0 Å². The van der Waals surface area contributed by atoms with Gasteiger partial charge in [-0.25, -0.2) is 9.89 Å². The van der Waals surface area contributed by atoms with E-state index in [1.807, 2.05) is 23.9 Å². The van der Waals surface area contributed by atoms with Crippen molar-refractivity contribution in [3.05, 3.63) is 41.1 Å². The van der Waals surface area contributed by atoms with Crippen LogP contribution in [0.4, 0.5) is 5.82 Å². The first-order valence-corrected chi connectivity index (χ1v) is 5.91. The molecule has 3 heterocycles. The lowest BCUT2D eigenvalue weighted by molar-refractivity contribution is 0.559. The van der Waals surface area contributed by atoms with Gasteiger partial charge in [0.25, 0.3) is 0 Å². The van der Waals surface area contributed by atoms with E-state index in [2.05, 4.69) is 25.7 Å². The van der Waals surface area contributed by atoms with E-state index in [1.165, 1.54) is 4.52 Å². The topological polar surface area (TPSA) is 92.9 Å². The first-order chi connectivity index (χ1) is 9.22. The zero-order valence-electron chi connectivity index (χ0n) is 10.3. The number of fused-ring (bicyclic) bond motifs is 1. The number of aromatic nitrogens is 6. The summed E-state index contributed by atoms with van der Waals surface area (Å²) in [4.78, 5) is 11.4. The summed E-state index contributed by atoms with van der Waals surface area (Å²) < 4.78 is 3.06. The van der Waals surface area contributed by atoms with Crippen molar-refractivity contribution in [3.63, 3.8) is 0 Å². The Morgan fingerprint density at radius 3 is 3.16 bits per heavy atom. The summed E-state index contributed by atoms with van der Waals surface area (Å²) in [5.74, 6) is 0.621. The molecule has 8 heteroatoms. The van der Waals surface area contributed by atoms with Gasteiger partial charge in [-0.05, 0) is 25.1 Å². The molecular formula is C11H13N7O. The third-order valence-corrected chi connectivity index (χ3v) is 2.69. The van der Waals surface area contributed by atoms with Crippen LogP contribution in [0.25, 0.3) is 5.65 Å². The van der Waals surface area contributed by atoms with Gasteiger partial charge in [0, 0.05) is 18.4 Å². The predicted molar refractivity (Wildman–Crippen MR) is 68.9 cm³/mol. The summed E-state index contributed by atoms with van der Waals surface area (Å²) in [5, 5.41) is 17.7. The number of anilines is 1. The van der Waals surface area contributed by atoms with Gasteiger partial charge in [0.15, 0.2) is 5.65 Å². The zero-order valence-corrected chi connectivity index (χ0v) is 10.3. The predicted octanol–water partition coefficient (Wildman–Crippen LogP) is 0.115. The van der Waals surface area contributed by atoms with Gasteiger partial charge in [0.05, 0.1) is 6.54 Å².